The van der Waals surface area contributed by atoms with Gasteiger partial charge in [0, 0.05) is 11.6 Å². The van der Waals surface area contributed by atoms with Gasteiger partial charge in [0.2, 0.25) is 5.89 Å². The van der Waals surface area contributed by atoms with Crippen LogP contribution < -0.4 is 10.6 Å². The van der Waals surface area contributed by atoms with Crippen LogP contribution >= 0.6 is 15.9 Å². The summed E-state index contributed by atoms with van der Waals surface area (Å²) >= 11 is 2.99. The van der Waals surface area contributed by atoms with Crippen molar-refractivity contribution in [2.45, 2.75) is 32.9 Å². The quantitative estimate of drug-likeness (QED) is 0.813. The van der Waals surface area contributed by atoms with Crippen molar-refractivity contribution in [1.82, 2.24) is 15.5 Å². The zero-order valence-corrected chi connectivity index (χ0v) is 13.4. The first kappa shape index (κ1) is 15.8. The molecule has 1 aromatic carbocycles. The summed E-state index contributed by atoms with van der Waals surface area (Å²) in [7, 11) is 0. The lowest BCUT2D eigenvalue weighted by Crippen LogP contribution is -2.35. The summed E-state index contributed by atoms with van der Waals surface area (Å²) in [5, 5.41) is 13.4. The van der Waals surface area contributed by atoms with E-state index in [9.17, 15) is 8.78 Å². The number of rotatable bonds is 4. The topological polar surface area (TPSA) is 63.0 Å². The van der Waals surface area contributed by atoms with Crippen LogP contribution in [0.5, 0.6) is 0 Å². The van der Waals surface area contributed by atoms with Crippen LogP contribution in [-0.2, 0) is 6.54 Å². The Hall–Kier alpha value is -1.54. The standard InChI is InChI=1S/C13H15BrF2N4O/c1-13(2,3)17-6-11-19-20-12(21-11)18-10-4-7(14)8(15)5-9(10)16/h4-5,17H,6H2,1-3H3,(H,18,20). The molecule has 0 unspecified atom stereocenters. The molecule has 0 aliphatic rings. The van der Waals surface area contributed by atoms with Gasteiger partial charge in [-0.25, -0.2) is 8.78 Å². The Morgan fingerprint density at radius 1 is 1.19 bits per heavy atom. The predicted octanol–water partition coefficient (Wildman–Crippen LogP) is 3.74. The highest BCUT2D eigenvalue weighted by molar-refractivity contribution is 9.10. The fourth-order valence-electron chi connectivity index (χ4n) is 1.45. The lowest BCUT2D eigenvalue weighted by atomic mass is 10.1. The fourth-order valence-corrected chi connectivity index (χ4v) is 1.79. The molecule has 0 radical (unpaired) electrons. The van der Waals surface area contributed by atoms with Crippen molar-refractivity contribution in [3.8, 4) is 0 Å². The Labute approximate surface area is 129 Å². The zero-order valence-electron chi connectivity index (χ0n) is 11.8. The molecule has 0 aliphatic carbocycles. The molecule has 1 heterocycles. The van der Waals surface area contributed by atoms with Crippen LogP contribution in [0.4, 0.5) is 20.5 Å². The van der Waals surface area contributed by atoms with Crippen LogP contribution in [0, 0.1) is 11.6 Å². The number of nitrogens with one attached hydrogen (secondary N) is 2. The molecular formula is C13H15BrF2N4O. The lowest BCUT2D eigenvalue weighted by molar-refractivity contribution is 0.384. The second-order valence-electron chi connectivity index (χ2n) is 5.48. The van der Waals surface area contributed by atoms with Gasteiger partial charge in [-0.2, -0.15) is 0 Å². The molecule has 0 spiro atoms. The van der Waals surface area contributed by atoms with Gasteiger partial charge in [0.25, 0.3) is 0 Å². The Morgan fingerprint density at radius 2 is 1.90 bits per heavy atom. The van der Waals surface area contributed by atoms with Gasteiger partial charge in [-0.3, -0.25) is 0 Å². The van der Waals surface area contributed by atoms with E-state index in [1.807, 2.05) is 20.8 Å². The number of anilines is 2. The summed E-state index contributed by atoms with van der Waals surface area (Å²) < 4.78 is 32.2. The summed E-state index contributed by atoms with van der Waals surface area (Å²) in [5.41, 5.74) is -0.0436. The normalized spacial score (nSPS) is 11.7. The Balaban J connectivity index is 2.07. The van der Waals surface area contributed by atoms with Crippen molar-refractivity contribution in [2.75, 3.05) is 5.32 Å². The molecule has 0 amide bonds. The van der Waals surface area contributed by atoms with Crippen LogP contribution in [0.15, 0.2) is 21.0 Å². The number of nitrogens with zero attached hydrogens (tertiary/aromatic N) is 2. The third-order valence-corrected chi connectivity index (χ3v) is 3.10. The summed E-state index contributed by atoms with van der Waals surface area (Å²) in [5.74, 6) is -1.06. The van der Waals surface area contributed by atoms with Crippen molar-refractivity contribution >= 4 is 27.6 Å². The Kier molecular flexibility index (Phi) is 4.58. The maximum atomic E-state index is 13.6. The number of hydrogen-bond donors (Lipinski definition) is 2. The van der Waals surface area contributed by atoms with E-state index in [2.05, 4.69) is 36.8 Å². The maximum Gasteiger partial charge on any atom is 0.320 e. The van der Waals surface area contributed by atoms with E-state index in [4.69, 9.17) is 4.42 Å². The molecule has 114 valence electrons. The van der Waals surface area contributed by atoms with Crippen LogP contribution in [0.3, 0.4) is 0 Å². The molecule has 1 aromatic heterocycles. The van der Waals surface area contributed by atoms with Gasteiger partial charge in [-0.1, -0.05) is 5.10 Å². The number of aromatic nitrogens is 2. The minimum absolute atomic E-state index is 0.0399. The van der Waals surface area contributed by atoms with Crippen molar-refractivity contribution in [3.05, 3.63) is 34.1 Å². The third-order valence-electron chi connectivity index (χ3n) is 2.49. The third kappa shape index (κ3) is 4.47. The van der Waals surface area contributed by atoms with Crippen LogP contribution in [0.2, 0.25) is 0 Å². The van der Waals surface area contributed by atoms with Crippen LogP contribution in [0.1, 0.15) is 26.7 Å². The van der Waals surface area contributed by atoms with Crippen molar-refractivity contribution in [3.63, 3.8) is 0 Å². The van der Waals surface area contributed by atoms with E-state index >= 15 is 0 Å². The van der Waals surface area contributed by atoms with Gasteiger partial charge < -0.3 is 15.1 Å². The van der Waals surface area contributed by atoms with E-state index in [0.717, 1.165) is 6.07 Å². The van der Waals surface area contributed by atoms with E-state index in [1.54, 1.807) is 0 Å². The van der Waals surface area contributed by atoms with E-state index < -0.39 is 11.6 Å². The second-order valence-corrected chi connectivity index (χ2v) is 6.33. The van der Waals surface area contributed by atoms with E-state index in [1.165, 1.54) is 6.07 Å². The molecule has 0 saturated carbocycles. The van der Waals surface area contributed by atoms with Gasteiger partial charge >= 0.3 is 6.01 Å². The second kappa shape index (κ2) is 6.07. The van der Waals surface area contributed by atoms with Gasteiger partial charge in [-0.15, -0.1) is 5.10 Å². The van der Waals surface area contributed by atoms with Gasteiger partial charge in [0.05, 0.1) is 16.7 Å². The number of halogens is 3. The predicted molar refractivity (Wildman–Crippen MR) is 78.2 cm³/mol. The summed E-state index contributed by atoms with van der Waals surface area (Å²) in [6.45, 7) is 6.42. The lowest BCUT2D eigenvalue weighted by Gasteiger charge is -2.18. The molecule has 2 N–H and O–H groups in total. The minimum Gasteiger partial charge on any atom is -0.406 e. The Morgan fingerprint density at radius 3 is 2.57 bits per heavy atom. The first-order valence-electron chi connectivity index (χ1n) is 6.23. The summed E-state index contributed by atoms with van der Waals surface area (Å²) in [6.07, 6.45) is 0. The van der Waals surface area contributed by atoms with Gasteiger partial charge in [0.15, 0.2) is 0 Å². The molecule has 2 rings (SSSR count). The molecule has 21 heavy (non-hydrogen) atoms. The highest BCUT2D eigenvalue weighted by Gasteiger charge is 2.14. The van der Waals surface area contributed by atoms with Gasteiger partial charge in [-0.05, 0) is 42.8 Å². The maximum absolute atomic E-state index is 13.6. The van der Waals surface area contributed by atoms with E-state index in [-0.39, 0.29) is 21.7 Å². The van der Waals surface area contributed by atoms with Crippen molar-refractivity contribution in [1.29, 1.82) is 0 Å². The highest BCUT2D eigenvalue weighted by Crippen LogP contribution is 2.26. The fraction of sp³-hybridized carbons (Fsp3) is 0.385. The van der Waals surface area contributed by atoms with Crippen molar-refractivity contribution < 1.29 is 13.2 Å². The first-order valence-corrected chi connectivity index (χ1v) is 7.03. The summed E-state index contributed by atoms with van der Waals surface area (Å²) in [6, 6.07) is 2.07. The number of benzene rings is 1. The molecule has 8 heteroatoms. The minimum atomic E-state index is -0.747. The van der Waals surface area contributed by atoms with E-state index in [0.29, 0.717) is 12.4 Å². The SMILES string of the molecule is CC(C)(C)NCc1nnc(Nc2cc(Br)c(F)cc2F)o1. The number of hydrogen-bond acceptors (Lipinski definition) is 5. The first-order chi connectivity index (χ1) is 9.74. The zero-order chi connectivity index (χ0) is 15.6. The largest absolute Gasteiger partial charge is 0.406 e. The summed E-state index contributed by atoms with van der Waals surface area (Å²) in [4.78, 5) is 0. The van der Waals surface area contributed by atoms with Crippen LogP contribution in [0.25, 0.3) is 0 Å². The average Bonchev–Trinajstić information content (AvgIpc) is 2.80. The molecule has 2 aromatic rings. The average molecular weight is 361 g/mol. The smallest absolute Gasteiger partial charge is 0.320 e. The monoisotopic (exact) mass is 360 g/mol. The molecule has 0 atom stereocenters. The molecule has 5 nitrogen and oxygen atoms in total. The molecule has 0 bridgehead atoms. The Bertz CT molecular complexity index is 640. The molecular weight excluding hydrogens is 346 g/mol. The van der Waals surface area contributed by atoms with Crippen LogP contribution in [-0.4, -0.2) is 15.7 Å². The molecule has 0 saturated heterocycles. The van der Waals surface area contributed by atoms with Gasteiger partial charge in [0.1, 0.15) is 11.6 Å². The van der Waals surface area contributed by atoms with Crippen molar-refractivity contribution in [2.24, 2.45) is 0 Å². The molecule has 0 fully saturated rings. The highest BCUT2D eigenvalue weighted by atomic mass is 79.9. The molecule has 0 aliphatic heterocycles.